The third kappa shape index (κ3) is 6.82. The Morgan fingerprint density at radius 2 is 1.64 bits per heavy atom. The van der Waals surface area contributed by atoms with Crippen molar-refractivity contribution in [2.75, 3.05) is 11.9 Å². The predicted molar refractivity (Wildman–Crippen MR) is 132 cm³/mol. The number of hydrogen-bond acceptors (Lipinski definition) is 5. The highest BCUT2D eigenvalue weighted by Gasteiger charge is 2.15. The molecule has 7 nitrogen and oxygen atoms in total. The van der Waals surface area contributed by atoms with Crippen LogP contribution in [0.25, 0.3) is 0 Å². The minimum Gasteiger partial charge on any atom is -0.505 e. The van der Waals surface area contributed by atoms with Gasteiger partial charge >= 0.3 is 0 Å². The van der Waals surface area contributed by atoms with Gasteiger partial charge in [0.1, 0.15) is 11.6 Å². The average molecular weight is 467 g/mol. The van der Waals surface area contributed by atoms with Gasteiger partial charge in [-0.05, 0) is 24.1 Å². The average Bonchev–Trinajstić information content (AvgIpc) is 2.80. The minimum atomic E-state index is -0.239. The molecule has 0 aliphatic rings. The van der Waals surface area contributed by atoms with Crippen molar-refractivity contribution in [1.29, 1.82) is 5.41 Å². The number of amides is 1. The number of halogens is 1. The topological polar surface area (TPSA) is 128 Å². The fourth-order valence-corrected chi connectivity index (χ4v) is 3.23. The van der Waals surface area contributed by atoms with Crippen molar-refractivity contribution in [3.05, 3.63) is 94.5 Å². The van der Waals surface area contributed by atoms with Crippen molar-refractivity contribution < 1.29 is 14.7 Å². The summed E-state index contributed by atoms with van der Waals surface area (Å²) in [6.45, 7) is 2.17. The van der Waals surface area contributed by atoms with E-state index >= 15 is 0 Å². The zero-order valence-electron chi connectivity index (χ0n) is 18.2. The van der Waals surface area contributed by atoms with E-state index in [1.54, 1.807) is 60.7 Å². The molecule has 0 saturated heterocycles. The first-order valence-corrected chi connectivity index (χ1v) is 10.2. The molecule has 8 heteroatoms. The van der Waals surface area contributed by atoms with Crippen LogP contribution in [0.4, 0.5) is 5.69 Å². The number of aryl methyl sites for hydroxylation is 1. The van der Waals surface area contributed by atoms with Crippen LogP contribution in [0.3, 0.4) is 0 Å². The molecule has 0 heterocycles. The first-order valence-electron chi connectivity index (χ1n) is 10.2. The molecule has 0 atom stereocenters. The standard InChI is InChI=1S/C25H26N4O3.ClH/c1-16-7-12-21(28-15-22(30)18-5-3-2-4-6-18)24(32)20(16)13-23(31)29-14-17-8-10-19(11-9-17)25(26)27;/h2-12,28,32H,13-15H2,1H3,(H3,26,27)(H,29,31);1H. The van der Waals surface area contributed by atoms with Gasteiger partial charge in [-0.25, -0.2) is 0 Å². The number of nitrogens with one attached hydrogen (secondary N) is 3. The molecule has 6 N–H and O–H groups in total. The Balaban J connectivity index is 0.00000385. The van der Waals surface area contributed by atoms with Crippen molar-refractivity contribution in [2.24, 2.45) is 5.73 Å². The number of amidine groups is 1. The van der Waals surface area contributed by atoms with Crippen LogP contribution >= 0.6 is 12.4 Å². The summed E-state index contributed by atoms with van der Waals surface area (Å²) in [6, 6.07) is 19.5. The van der Waals surface area contributed by atoms with E-state index < -0.39 is 0 Å². The van der Waals surface area contributed by atoms with E-state index in [1.807, 2.05) is 13.0 Å². The summed E-state index contributed by atoms with van der Waals surface area (Å²) >= 11 is 0. The van der Waals surface area contributed by atoms with Gasteiger partial charge in [0, 0.05) is 23.2 Å². The third-order valence-corrected chi connectivity index (χ3v) is 5.14. The number of anilines is 1. The van der Waals surface area contributed by atoms with Crippen molar-refractivity contribution in [1.82, 2.24) is 5.32 Å². The monoisotopic (exact) mass is 466 g/mol. The first kappa shape index (κ1) is 25.4. The van der Waals surface area contributed by atoms with Gasteiger partial charge in [-0.15, -0.1) is 12.4 Å². The fraction of sp³-hybridized carbons (Fsp3) is 0.160. The van der Waals surface area contributed by atoms with E-state index in [9.17, 15) is 14.7 Å². The molecular formula is C25H27ClN4O3. The van der Waals surface area contributed by atoms with E-state index in [4.69, 9.17) is 11.1 Å². The second-order valence-corrected chi connectivity index (χ2v) is 7.46. The highest BCUT2D eigenvalue weighted by molar-refractivity contribution is 5.99. The Hall–Kier alpha value is -3.84. The zero-order valence-corrected chi connectivity index (χ0v) is 19.0. The summed E-state index contributed by atoms with van der Waals surface area (Å²) < 4.78 is 0. The van der Waals surface area contributed by atoms with Gasteiger partial charge in [0.05, 0.1) is 18.7 Å². The van der Waals surface area contributed by atoms with Crippen molar-refractivity contribution in [3.63, 3.8) is 0 Å². The lowest BCUT2D eigenvalue weighted by atomic mass is 10.0. The summed E-state index contributed by atoms with van der Waals surface area (Å²) in [7, 11) is 0. The molecule has 1 amide bonds. The van der Waals surface area contributed by atoms with Gasteiger partial charge in [-0.2, -0.15) is 0 Å². The number of carbonyl (C=O) groups excluding carboxylic acids is 2. The predicted octanol–water partition coefficient (Wildman–Crippen LogP) is 3.56. The molecule has 172 valence electrons. The minimum absolute atomic E-state index is 0. The molecule has 0 aliphatic heterocycles. The van der Waals surface area contributed by atoms with Gasteiger partial charge in [0.15, 0.2) is 5.78 Å². The SMILES string of the molecule is Cc1ccc(NCC(=O)c2ccccc2)c(O)c1CC(=O)NCc1ccc(C(=N)N)cc1.Cl. The molecule has 3 aromatic carbocycles. The number of rotatable bonds is 9. The maximum absolute atomic E-state index is 12.5. The number of aromatic hydroxyl groups is 1. The number of phenolic OH excluding ortho intramolecular Hbond substituents is 1. The zero-order chi connectivity index (χ0) is 23.1. The number of nitrogen functional groups attached to an aromatic ring is 1. The van der Waals surface area contributed by atoms with Gasteiger partial charge in [0.25, 0.3) is 0 Å². The molecule has 3 aromatic rings. The van der Waals surface area contributed by atoms with E-state index in [1.165, 1.54) is 0 Å². The number of phenols is 1. The third-order valence-electron chi connectivity index (χ3n) is 5.14. The summed E-state index contributed by atoms with van der Waals surface area (Å²) in [6.07, 6.45) is 0.00531. The summed E-state index contributed by atoms with van der Waals surface area (Å²) in [5.41, 5.74) is 9.22. The maximum Gasteiger partial charge on any atom is 0.224 e. The molecular weight excluding hydrogens is 440 g/mol. The second kappa shape index (κ2) is 11.7. The summed E-state index contributed by atoms with van der Waals surface area (Å²) in [5, 5.41) is 23.9. The Bertz CT molecular complexity index is 1130. The first-order chi connectivity index (χ1) is 15.3. The smallest absolute Gasteiger partial charge is 0.224 e. The molecule has 0 unspecified atom stereocenters. The van der Waals surface area contributed by atoms with E-state index in [2.05, 4.69) is 10.6 Å². The molecule has 0 aromatic heterocycles. The Kier molecular flexibility index (Phi) is 9.00. The molecule has 0 aliphatic carbocycles. The van der Waals surface area contributed by atoms with Crippen molar-refractivity contribution >= 4 is 35.6 Å². The number of carbonyl (C=O) groups is 2. The van der Waals surface area contributed by atoms with Crippen LogP contribution in [-0.2, 0) is 17.8 Å². The Labute approximate surface area is 198 Å². The highest BCUT2D eigenvalue weighted by Crippen LogP contribution is 2.30. The fourth-order valence-electron chi connectivity index (χ4n) is 3.23. The largest absolute Gasteiger partial charge is 0.505 e. The molecule has 33 heavy (non-hydrogen) atoms. The molecule has 0 bridgehead atoms. The number of benzene rings is 3. The Morgan fingerprint density at radius 1 is 0.970 bits per heavy atom. The lowest BCUT2D eigenvalue weighted by Crippen LogP contribution is -2.25. The Morgan fingerprint density at radius 3 is 2.27 bits per heavy atom. The van der Waals surface area contributed by atoms with Crippen molar-refractivity contribution in [3.8, 4) is 5.75 Å². The highest BCUT2D eigenvalue weighted by atomic mass is 35.5. The summed E-state index contributed by atoms with van der Waals surface area (Å²) in [5.74, 6) is -0.380. The quantitative estimate of drug-likeness (QED) is 0.142. The summed E-state index contributed by atoms with van der Waals surface area (Å²) in [4.78, 5) is 24.8. The molecule has 3 rings (SSSR count). The number of ketones is 1. The lowest BCUT2D eigenvalue weighted by molar-refractivity contribution is -0.120. The van der Waals surface area contributed by atoms with Gasteiger partial charge in [-0.3, -0.25) is 15.0 Å². The maximum atomic E-state index is 12.5. The number of Topliss-reactive ketones (excluding diaryl/α,β-unsaturated/α-hetero) is 1. The second-order valence-electron chi connectivity index (χ2n) is 7.46. The molecule has 0 radical (unpaired) electrons. The van der Waals surface area contributed by atoms with Crippen LogP contribution in [0.15, 0.2) is 66.7 Å². The van der Waals surface area contributed by atoms with Crippen LogP contribution in [0, 0.1) is 12.3 Å². The number of nitrogens with two attached hydrogens (primary N) is 1. The van der Waals surface area contributed by atoms with E-state index in [-0.39, 0.29) is 48.6 Å². The van der Waals surface area contributed by atoms with Crippen LogP contribution in [0.2, 0.25) is 0 Å². The number of hydrogen-bond donors (Lipinski definition) is 5. The van der Waals surface area contributed by atoms with Crippen LogP contribution in [0.5, 0.6) is 5.75 Å². The molecule has 0 fully saturated rings. The van der Waals surface area contributed by atoms with Gasteiger partial charge < -0.3 is 21.5 Å². The van der Waals surface area contributed by atoms with Crippen LogP contribution < -0.4 is 16.4 Å². The normalized spacial score (nSPS) is 10.1. The van der Waals surface area contributed by atoms with E-state index in [0.29, 0.717) is 28.9 Å². The van der Waals surface area contributed by atoms with E-state index in [0.717, 1.165) is 11.1 Å². The lowest BCUT2D eigenvalue weighted by Gasteiger charge is -2.14. The van der Waals surface area contributed by atoms with Gasteiger partial charge in [-0.1, -0.05) is 60.7 Å². The van der Waals surface area contributed by atoms with Crippen LogP contribution in [-0.4, -0.2) is 29.2 Å². The van der Waals surface area contributed by atoms with Gasteiger partial charge in [0.2, 0.25) is 5.91 Å². The van der Waals surface area contributed by atoms with Crippen LogP contribution in [0.1, 0.15) is 32.6 Å². The molecule has 0 saturated carbocycles. The molecule has 0 spiro atoms. The van der Waals surface area contributed by atoms with Crippen molar-refractivity contribution in [2.45, 2.75) is 19.9 Å².